The van der Waals surface area contributed by atoms with Gasteiger partial charge in [-0.3, -0.25) is 4.79 Å². The average Bonchev–Trinajstić information content (AvgIpc) is 2.90. The predicted octanol–water partition coefficient (Wildman–Crippen LogP) is 3.37. The quantitative estimate of drug-likeness (QED) is 0.690. The molecule has 0 aliphatic carbocycles. The zero-order valence-electron chi connectivity index (χ0n) is 17.1. The fraction of sp³-hybridized carbons (Fsp3) is 0.381. The van der Waals surface area contributed by atoms with Crippen LogP contribution < -0.4 is 14.2 Å². The number of benzene rings is 2. The third-order valence-corrected chi connectivity index (χ3v) is 7.67. The van der Waals surface area contributed by atoms with Crippen molar-refractivity contribution < 1.29 is 27.4 Å². The molecule has 0 saturated carbocycles. The van der Waals surface area contributed by atoms with E-state index in [4.69, 9.17) is 25.8 Å². The van der Waals surface area contributed by atoms with E-state index in [1.807, 2.05) is 0 Å². The van der Waals surface area contributed by atoms with Crippen molar-refractivity contribution in [2.24, 2.45) is 0 Å². The molecule has 0 spiro atoms. The first-order valence-electron chi connectivity index (χ1n) is 9.38. The van der Waals surface area contributed by atoms with Crippen molar-refractivity contribution in [1.29, 1.82) is 0 Å². The predicted molar refractivity (Wildman–Crippen MR) is 115 cm³/mol. The van der Waals surface area contributed by atoms with Crippen LogP contribution in [0.4, 0.5) is 0 Å². The summed E-state index contributed by atoms with van der Waals surface area (Å²) >= 11 is 6.25. The van der Waals surface area contributed by atoms with Crippen molar-refractivity contribution in [1.82, 2.24) is 4.90 Å². The molecule has 1 heterocycles. The monoisotopic (exact) mass is 453 g/mol. The Kier molecular flexibility index (Phi) is 6.77. The van der Waals surface area contributed by atoms with E-state index in [2.05, 4.69) is 0 Å². The highest BCUT2D eigenvalue weighted by molar-refractivity contribution is 7.91. The van der Waals surface area contributed by atoms with Gasteiger partial charge in [0.2, 0.25) is 5.75 Å². The molecule has 1 aliphatic heterocycles. The molecule has 7 nitrogen and oxygen atoms in total. The van der Waals surface area contributed by atoms with Crippen molar-refractivity contribution in [3.05, 3.63) is 52.5 Å². The average molecular weight is 454 g/mol. The van der Waals surface area contributed by atoms with Gasteiger partial charge < -0.3 is 19.1 Å². The molecule has 1 atom stereocenters. The Labute approximate surface area is 181 Å². The highest BCUT2D eigenvalue weighted by Crippen LogP contribution is 2.41. The first-order valence-corrected chi connectivity index (χ1v) is 11.5. The third-order valence-electron chi connectivity index (χ3n) is 5.21. The molecule has 0 radical (unpaired) electrons. The Morgan fingerprint density at radius 3 is 2.33 bits per heavy atom. The second-order valence-electron chi connectivity index (χ2n) is 6.84. The van der Waals surface area contributed by atoms with Crippen LogP contribution in [-0.4, -0.2) is 59.4 Å². The lowest BCUT2D eigenvalue weighted by molar-refractivity contribution is 0.0762. The summed E-state index contributed by atoms with van der Waals surface area (Å²) in [5.41, 5.74) is 0.848. The molecule has 1 amide bonds. The van der Waals surface area contributed by atoms with Crippen LogP contribution in [0.25, 0.3) is 0 Å². The molecule has 1 fully saturated rings. The van der Waals surface area contributed by atoms with Crippen LogP contribution >= 0.6 is 11.6 Å². The molecule has 1 saturated heterocycles. The zero-order chi connectivity index (χ0) is 21.9. The lowest BCUT2D eigenvalue weighted by Gasteiger charge is -2.22. The molecule has 0 N–H and O–H groups in total. The van der Waals surface area contributed by atoms with Gasteiger partial charge in [-0.05, 0) is 30.2 Å². The molecule has 2 aromatic carbocycles. The fourth-order valence-corrected chi connectivity index (χ4v) is 5.82. The summed E-state index contributed by atoms with van der Waals surface area (Å²) < 4.78 is 41.8. The second kappa shape index (κ2) is 9.14. The molecule has 162 valence electrons. The van der Waals surface area contributed by atoms with Crippen LogP contribution in [0, 0.1) is 0 Å². The topological polar surface area (TPSA) is 82.1 Å². The number of halogens is 1. The minimum Gasteiger partial charge on any atom is -0.493 e. The number of ether oxygens (including phenoxy) is 3. The van der Waals surface area contributed by atoms with Crippen LogP contribution in [-0.2, 0) is 9.84 Å². The van der Waals surface area contributed by atoms with Crippen molar-refractivity contribution in [2.45, 2.75) is 11.7 Å². The summed E-state index contributed by atoms with van der Waals surface area (Å²) in [6.07, 6.45) is 0.257. The molecular weight excluding hydrogens is 430 g/mol. The number of hydrogen-bond donors (Lipinski definition) is 0. The van der Waals surface area contributed by atoms with Gasteiger partial charge in [-0.2, -0.15) is 0 Å². The smallest absolute Gasteiger partial charge is 0.257 e. The Bertz CT molecular complexity index is 1040. The number of amides is 1. The second-order valence-corrected chi connectivity index (χ2v) is 9.55. The molecule has 1 aliphatic rings. The molecule has 2 aromatic rings. The van der Waals surface area contributed by atoms with E-state index in [1.165, 1.54) is 26.2 Å². The first kappa shape index (κ1) is 22.2. The summed E-state index contributed by atoms with van der Waals surface area (Å²) in [6, 6.07) is 10.1. The summed E-state index contributed by atoms with van der Waals surface area (Å²) in [5, 5.41) is -0.344. The summed E-state index contributed by atoms with van der Waals surface area (Å²) in [6.45, 7) is 0.352. The van der Waals surface area contributed by atoms with Gasteiger partial charge >= 0.3 is 0 Å². The van der Waals surface area contributed by atoms with Gasteiger partial charge in [0.15, 0.2) is 21.3 Å². The number of carbonyl (C=O) groups is 1. The number of carbonyl (C=O) groups excluding carboxylic acids is 1. The summed E-state index contributed by atoms with van der Waals surface area (Å²) in [5.74, 6) is 0.509. The van der Waals surface area contributed by atoms with Crippen LogP contribution in [0.5, 0.6) is 17.2 Å². The number of nitrogens with zero attached hydrogens (tertiary/aromatic N) is 1. The van der Waals surface area contributed by atoms with Crippen molar-refractivity contribution in [2.75, 3.05) is 40.2 Å². The Morgan fingerprint density at radius 1 is 1.00 bits per heavy atom. The van der Waals surface area contributed by atoms with Crippen LogP contribution in [0.2, 0.25) is 5.02 Å². The molecule has 3 rings (SSSR count). The van der Waals surface area contributed by atoms with Crippen LogP contribution in [0.3, 0.4) is 0 Å². The summed E-state index contributed by atoms with van der Waals surface area (Å²) in [7, 11) is 0.914. The van der Waals surface area contributed by atoms with Crippen molar-refractivity contribution in [3.8, 4) is 17.2 Å². The van der Waals surface area contributed by atoms with E-state index >= 15 is 0 Å². The highest BCUT2D eigenvalue weighted by Gasteiger charge is 2.35. The lowest BCUT2D eigenvalue weighted by Crippen LogP contribution is -2.33. The summed E-state index contributed by atoms with van der Waals surface area (Å²) in [4.78, 5) is 14.8. The standard InChI is InChI=1S/C21H24ClNO6S/c1-27-17-9-8-15(19(28-2)20(17)29-3)21(24)23-11-10-18(30(25,26)13-12-23)14-6-4-5-7-16(14)22/h4-9,18H,10-13H2,1-3H3. The van der Waals surface area contributed by atoms with Crippen molar-refractivity contribution >= 4 is 27.3 Å². The fourth-order valence-electron chi connectivity index (χ4n) is 3.67. The minimum absolute atomic E-state index is 0.0830. The molecule has 30 heavy (non-hydrogen) atoms. The number of rotatable bonds is 5. The van der Waals surface area contributed by atoms with E-state index in [0.717, 1.165) is 0 Å². The Morgan fingerprint density at radius 2 is 1.70 bits per heavy atom. The maximum Gasteiger partial charge on any atom is 0.257 e. The van der Waals surface area contributed by atoms with E-state index in [-0.39, 0.29) is 42.5 Å². The lowest BCUT2D eigenvalue weighted by atomic mass is 10.1. The van der Waals surface area contributed by atoms with Gasteiger partial charge in [-0.25, -0.2) is 8.42 Å². The van der Waals surface area contributed by atoms with E-state index in [1.54, 1.807) is 36.4 Å². The molecule has 0 aromatic heterocycles. The normalized spacial score (nSPS) is 18.4. The van der Waals surface area contributed by atoms with E-state index in [0.29, 0.717) is 22.1 Å². The highest BCUT2D eigenvalue weighted by atomic mass is 35.5. The van der Waals surface area contributed by atoms with Gasteiger partial charge in [-0.1, -0.05) is 29.8 Å². The van der Waals surface area contributed by atoms with Crippen LogP contribution in [0.1, 0.15) is 27.6 Å². The number of methoxy groups -OCH3 is 3. The third kappa shape index (κ3) is 4.20. The largest absolute Gasteiger partial charge is 0.493 e. The maximum atomic E-state index is 13.2. The van der Waals surface area contributed by atoms with E-state index in [9.17, 15) is 13.2 Å². The van der Waals surface area contributed by atoms with Crippen LogP contribution in [0.15, 0.2) is 36.4 Å². The van der Waals surface area contributed by atoms with Crippen molar-refractivity contribution in [3.63, 3.8) is 0 Å². The SMILES string of the molecule is COc1ccc(C(=O)N2CCC(c3ccccc3Cl)S(=O)(=O)CC2)c(OC)c1OC. The number of sulfone groups is 1. The Balaban J connectivity index is 1.92. The van der Waals surface area contributed by atoms with Gasteiger partial charge in [0.1, 0.15) is 0 Å². The van der Waals surface area contributed by atoms with Gasteiger partial charge in [0.25, 0.3) is 5.91 Å². The molecule has 0 bridgehead atoms. The molecule has 1 unspecified atom stereocenters. The maximum absolute atomic E-state index is 13.2. The van der Waals surface area contributed by atoms with E-state index < -0.39 is 15.1 Å². The first-order chi connectivity index (χ1) is 14.3. The van der Waals surface area contributed by atoms with Gasteiger partial charge in [0, 0.05) is 18.1 Å². The van der Waals surface area contributed by atoms with Gasteiger partial charge in [-0.15, -0.1) is 0 Å². The Hall–Kier alpha value is -2.45. The minimum atomic E-state index is -3.48. The molecule has 9 heteroatoms. The number of hydrogen-bond acceptors (Lipinski definition) is 6. The zero-order valence-corrected chi connectivity index (χ0v) is 18.6. The van der Waals surface area contributed by atoms with Gasteiger partial charge in [0.05, 0.1) is 37.9 Å². The molecular formula is C21H24ClNO6S.